The first-order valence-electron chi connectivity index (χ1n) is 6.57. The summed E-state index contributed by atoms with van der Waals surface area (Å²) >= 11 is 0. The van der Waals surface area contributed by atoms with Gasteiger partial charge < -0.3 is 15.4 Å². The molecule has 1 aromatic rings. The molecule has 0 aliphatic carbocycles. The number of ether oxygens (including phenoxy) is 1. The number of anilines is 1. The van der Waals surface area contributed by atoms with Crippen molar-refractivity contribution in [3.8, 4) is 5.75 Å². The fraction of sp³-hybridized carbons (Fsp3) is 0.600. The van der Waals surface area contributed by atoms with Gasteiger partial charge in [0.1, 0.15) is 5.75 Å². The normalized spacial score (nSPS) is 12.3. The van der Waals surface area contributed by atoms with Crippen molar-refractivity contribution in [3.05, 3.63) is 23.3 Å². The molecule has 1 aromatic carbocycles. The predicted octanol–water partition coefficient (Wildman–Crippen LogP) is 2.88. The lowest BCUT2D eigenvalue weighted by molar-refractivity contribution is 0.414. The molecule has 3 nitrogen and oxygen atoms in total. The summed E-state index contributed by atoms with van der Waals surface area (Å²) in [7, 11) is 3.83. The third kappa shape index (κ3) is 3.91. The molecular weight excluding hydrogens is 224 g/mol. The van der Waals surface area contributed by atoms with Crippen molar-refractivity contribution < 1.29 is 4.74 Å². The topological polar surface area (TPSA) is 38.5 Å². The molecule has 0 saturated carbocycles. The molecule has 1 rings (SSSR count). The largest absolute Gasteiger partial charge is 0.495 e. The summed E-state index contributed by atoms with van der Waals surface area (Å²) in [5.74, 6) is 0.946. The molecule has 18 heavy (non-hydrogen) atoms. The minimum absolute atomic E-state index is 0.278. The first-order chi connectivity index (χ1) is 8.45. The molecular formula is C15H26N2O. The fourth-order valence-corrected chi connectivity index (χ4v) is 2.01. The third-order valence-corrected chi connectivity index (χ3v) is 3.36. The number of aryl methyl sites for hydroxylation is 2. The van der Waals surface area contributed by atoms with Crippen LogP contribution < -0.4 is 15.4 Å². The van der Waals surface area contributed by atoms with E-state index in [0.717, 1.165) is 30.8 Å². The van der Waals surface area contributed by atoms with Gasteiger partial charge in [0.2, 0.25) is 0 Å². The molecule has 0 heterocycles. The number of rotatable bonds is 6. The van der Waals surface area contributed by atoms with Crippen LogP contribution in [-0.4, -0.2) is 26.7 Å². The summed E-state index contributed by atoms with van der Waals surface area (Å²) in [5, 5.41) is 0. The van der Waals surface area contributed by atoms with Gasteiger partial charge in [0, 0.05) is 19.6 Å². The van der Waals surface area contributed by atoms with Crippen LogP contribution in [-0.2, 0) is 0 Å². The van der Waals surface area contributed by atoms with Crippen LogP contribution in [0.1, 0.15) is 30.9 Å². The quantitative estimate of drug-likeness (QED) is 0.843. The number of methoxy groups -OCH3 is 1. The molecule has 0 radical (unpaired) electrons. The number of benzene rings is 1. The highest BCUT2D eigenvalue weighted by molar-refractivity contribution is 5.61. The number of nitrogens with two attached hydrogens (primary N) is 1. The van der Waals surface area contributed by atoms with Gasteiger partial charge in [-0.15, -0.1) is 0 Å². The van der Waals surface area contributed by atoms with Crippen LogP contribution in [0.3, 0.4) is 0 Å². The lowest BCUT2D eigenvalue weighted by atomic mass is 10.1. The highest BCUT2D eigenvalue weighted by Crippen LogP contribution is 2.30. The monoisotopic (exact) mass is 250 g/mol. The summed E-state index contributed by atoms with van der Waals surface area (Å²) in [6.07, 6.45) is 2.15. The molecule has 0 spiro atoms. The molecule has 0 aliphatic rings. The second-order valence-corrected chi connectivity index (χ2v) is 5.15. The molecule has 0 fully saturated rings. The summed E-state index contributed by atoms with van der Waals surface area (Å²) < 4.78 is 5.46. The molecule has 0 aromatic heterocycles. The molecule has 0 saturated heterocycles. The van der Waals surface area contributed by atoms with E-state index in [-0.39, 0.29) is 6.04 Å². The minimum atomic E-state index is 0.278. The Morgan fingerprint density at radius 2 is 1.89 bits per heavy atom. The summed E-state index contributed by atoms with van der Waals surface area (Å²) in [6, 6.07) is 4.58. The van der Waals surface area contributed by atoms with Gasteiger partial charge in [0.15, 0.2) is 0 Å². The molecule has 0 aliphatic heterocycles. The van der Waals surface area contributed by atoms with E-state index in [2.05, 4.69) is 44.9 Å². The smallest absolute Gasteiger partial charge is 0.142 e. The lowest BCUT2D eigenvalue weighted by Gasteiger charge is -2.23. The number of hydrogen-bond acceptors (Lipinski definition) is 3. The predicted molar refractivity (Wildman–Crippen MR) is 78.6 cm³/mol. The van der Waals surface area contributed by atoms with Crippen molar-refractivity contribution in [2.24, 2.45) is 5.73 Å². The first-order valence-corrected chi connectivity index (χ1v) is 6.57. The SMILES string of the molecule is COc1cc(C)c(C)cc1N(C)CCCC(C)N. The third-order valence-electron chi connectivity index (χ3n) is 3.36. The maximum absolute atomic E-state index is 5.77. The second-order valence-electron chi connectivity index (χ2n) is 5.15. The second kappa shape index (κ2) is 6.64. The van der Waals surface area contributed by atoms with Gasteiger partial charge in [-0.05, 0) is 56.9 Å². The molecule has 0 bridgehead atoms. The maximum atomic E-state index is 5.77. The summed E-state index contributed by atoms with van der Waals surface area (Å²) in [5.41, 5.74) is 9.49. The van der Waals surface area contributed by atoms with Crippen molar-refractivity contribution in [1.29, 1.82) is 0 Å². The van der Waals surface area contributed by atoms with E-state index in [0.29, 0.717) is 0 Å². The van der Waals surface area contributed by atoms with Crippen LogP contribution in [0, 0.1) is 13.8 Å². The Morgan fingerprint density at radius 1 is 1.28 bits per heavy atom. The van der Waals surface area contributed by atoms with Crippen molar-refractivity contribution >= 4 is 5.69 Å². The lowest BCUT2D eigenvalue weighted by Crippen LogP contribution is -2.22. The van der Waals surface area contributed by atoms with E-state index in [4.69, 9.17) is 10.5 Å². The van der Waals surface area contributed by atoms with E-state index in [1.165, 1.54) is 11.1 Å². The van der Waals surface area contributed by atoms with Gasteiger partial charge in [0.25, 0.3) is 0 Å². The average molecular weight is 250 g/mol. The van der Waals surface area contributed by atoms with Crippen molar-refractivity contribution in [2.45, 2.75) is 39.7 Å². The zero-order valence-electron chi connectivity index (χ0n) is 12.3. The highest BCUT2D eigenvalue weighted by atomic mass is 16.5. The van der Waals surface area contributed by atoms with E-state index in [9.17, 15) is 0 Å². The van der Waals surface area contributed by atoms with Gasteiger partial charge in [-0.3, -0.25) is 0 Å². The molecule has 1 unspecified atom stereocenters. The Hall–Kier alpha value is -1.22. The Bertz CT molecular complexity index is 388. The Labute approximate surface area is 111 Å². The Morgan fingerprint density at radius 3 is 2.44 bits per heavy atom. The van der Waals surface area contributed by atoms with Crippen LogP contribution in [0.5, 0.6) is 5.75 Å². The van der Waals surface area contributed by atoms with Gasteiger partial charge in [-0.2, -0.15) is 0 Å². The van der Waals surface area contributed by atoms with Gasteiger partial charge in [-0.25, -0.2) is 0 Å². The van der Waals surface area contributed by atoms with E-state index < -0.39 is 0 Å². The maximum Gasteiger partial charge on any atom is 0.142 e. The molecule has 102 valence electrons. The van der Waals surface area contributed by atoms with E-state index >= 15 is 0 Å². The van der Waals surface area contributed by atoms with E-state index in [1.807, 2.05) is 0 Å². The van der Waals surface area contributed by atoms with Crippen LogP contribution >= 0.6 is 0 Å². The Kier molecular flexibility index (Phi) is 5.48. The molecule has 1 atom stereocenters. The minimum Gasteiger partial charge on any atom is -0.495 e. The van der Waals surface area contributed by atoms with Crippen LogP contribution in [0.4, 0.5) is 5.69 Å². The van der Waals surface area contributed by atoms with Gasteiger partial charge in [0.05, 0.1) is 12.8 Å². The fourth-order valence-electron chi connectivity index (χ4n) is 2.01. The zero-order chi connectivity index (χ0) is 13.7. The van der Waals surface area contributed by atoms with Crippen LogP contribution in [0.25, 0.3) is 0 Å². The molecule has 0 amide bonds. The zero-order valence-corrected chi connectivity index (χ0v) is 12.3. The van der Waals surface area contributed by atoms with Crippen molar-refractivity contribution in [3.63, 3.8) is 0 Å². The molecule has 3 heteroatoms. The van der Waals surface area contributed by atoms with Crippen molar-refractivity contribution in [1.82, 2.24) is 0 Å². The van der Waals surface area contributed by atoms with Crippen LogP contribution in [0.15, 0.2) is 12.1 Å². The van der Waals surface area contributed by atoms with E-state index in [1.54, 1.807) is 7.11 Å². The van der Waals surface area contributed by atoms with Gasteiger partial charge >= 0.3 is 0 Å². The standard InChI is InChI=1S/C15H26N2O/c1-11-9-14(15(18-5)10-12(11)2)17(4)8-6-7-13(3)16/h9-10,13H,6-8,16H2,1-5H3. The highest BCUT2D eigenvalue weighted by Gasteiger charge is 2.10. The average Bonchev–Trinajstić information content (AvgIpc) is 2.31. The number of hydrogen-bond donors (Lipinski definition) is 1. The van der Waals surface area contributed by atoms with Gasteiger partial charge in [-0.1, -0.05) is 0 Å². The molecule has 2 N–H and O–H groups in total. The first kappa shape index (κ1) is 14.8. The summed E-state index contributed by atoms with van der Waals surface area (Å²) in [6.45, 7) is 7.29. The Balaban J connectivity index is 2.77. The van der Waals surface area contributed by atoms with Crippen LogP contribution in [0.2, 0.25) is 0 Å². The summed E-state index contributed by atoms with van der Waals surface area (Å²) in [4.78, 5) is 2.24. The number of nitrogens with zero attached hydrogens (tertiary/aromatic N) is 1. The van der Waals surface area contributed by atoms with Crippen molar-refractivity contribution in [2.75, 3.05) is 25.6 Å².